The fraction of sp³-hybridized carbons (Fsp3) is 0.909. The Bertz CT molecular complexity index is 240. The van der Waals surface area contributed by atoms with Crippen LogP contribution >= 0.6 is 0 Å². The topological polar surface area (TPSA) is 56.8 Å². The van der Waals surface area contributed by atoms with Crippen LogP contribution in [0.4, 0.5) is 0 Å². The lowest BCUT2D eigenvalue weighted by Crippen LogP contribution is -2.40. The van der Waals surface area contributed by atoms with Crippen LogP contribution in [0.2, 0.25) is 0 Å². The Morgan fingerprint density at radius 3 is 2.75 bits per heavy atom. The van der Waals surface area contributed by atoms with E-state index < -0.39 is 0 Å². The van der Waals surface area contributed by atoms with E-state index in [1.54, 1.807) is 0 Å². The molecular weight excluding hydrogens is 210 g/mol. The maximum atomic E-state index is 11.7. The number of rotatable bonds is 3. The standard InChI is InChI=1S/C11H19NO4/c1-8-5-7-15-10(8)11(13)12-16-9-4-2-3-6-14-9/h8-10H,2-7H2,1H3,(H,12,13)/t8-,9-,10-/m1/s1. The molecule has 2 rings (SSSR count). The monoisotopic (exact) mass is 229 g/mol. The van der Waals surface area contributed by atoms with Crippen molar-refractivity contribution in [1.82, 2.24) is 5.48 Å². The molecule has 16 heavy (non-hydrogen) atoms. The van der Waals surface area contributed by atoms with Crippen LogP contribution < -0.4 is 5.48 Å². The van der Waals surface area contributed by atoms with Gasteiger partial charge in [0.1, 0.15) is 6.10 Å². The first-order valence-electron chi connectivity index (χ1n) is 5.96. The molecule has 0 aliphatic carbocycles. The summed E-state index contributed by atoms with van der Waals surface area (Å²) in [5.74, 6) is 0.0649. The van der Waals surface area contributed by atoms with E-state index in [0.717, 1.165) is 25.7 Å². The molecule has 2 heterocycles. The van der Waals surface area contributed by atoms with E-state index in [2.05, 4.69) is 5.48 Å². The first-order valence-corrected chi connectivity index (χ1v) is 5.96. The van der Waals surface area contributed by atoms with Crippen LogP contribution in [-0.4, -0.2) is 31.5 Å². The average molecular weight is 229 g/mol. The number of carbonyl (C=O) groups excluding carboxylic acids is 1. The molecule has 0 bridgehead atoms. The van der Waals surface area contributed by atoms with Crippen molar-refractivity contribution in [2.75, 3.05) is 13.2 Å². The van der Waals surface area contributed by atoms with Crippen LogP contribution in [0.25, 0.3) is 0 Å². The highest BCUT2D eigenvalue weighted by Gasteiger charge is 2.31. The lowest BCUT2D eigenvalue weighted by Gasteiger charge is -2.23. The highest BCUT2D eigenvalue weighted by atomic mass is 16.8. The van der Waals surface area contributed by atoms with Gasteiger partial charge < -0.3 is 9.47 Å². The molecule has 1 amide bonds. The number of amides is 1. The van der Waals surface area contributed by atoms with Crippen LogP contribution in [0.15, 0.2) is 0 Å². The summed E-state index contributed by atoms with van der Waals surface area (Å²) >= 11 is 0. The third-order valence-corrected chi connectivity index (χ3v) is 3.07. The maximum Gasteiger partial charge on any atom is 0.273 e. The first-order chi connectivity index (χ1) is 7.77. The zero-order valence-electron chi connectivity index (χ0n) is 9.61. The molecule has 0 unspecified atom stereocenters. The van der Waals surface area contributed by atoms with Crippen LogP contribution in [0, 0.1) is 5.92 Å². The van der Waals surface area contributed by atoms with Crippen molar-refractivity contribution in [3.63, 3.8) is 0 Å². The van der Waals surface area contributed by atoms with Crippen LogP contribution in [0.5, 0.6) is 0 Å². The second-order valence-corrected chi connectivity index (χ2v) is 4.44. The SMILES string of the molecule is C[C@@H]1CCO[C@H]1C(=O)NO[C@@H]1CCCCO1. The summed E-state index contributed by atoms with van der Waals surface area (Å²) in [6.07, 6.45) is 3.24. The molecule has 2 aliphatic heterocycles. The van der Waals surface area contributed by atoms with Gasteiger partial charge in [0, 0.05) is 19.6 Å². The molecule has 2 fully saturated rings. The van der Waals surface area contributed by atoms with Crippen molar-refractivity contribution in [3.05, 3.63) is 0 Å². The Balaban J connectivity index is 1.70. The molecule has 1 N–H and O–H groups in total. The largest absolute Gasteiger partial charge is 0.368 e. The van der Waals surface area contributed by atoms with Gasteiger partial charge in [0.05, 0.1) is 0 Å². The molecular formula is C11H19NO4. The molecule has 2 saturated heterocycles. The van der Waals surface area contributed by atoms with Gasteiger partial charge in [-0.05, 0) is 25.2 Å². The van der Waals surface area contributed by atoms with Crippen molar-refractivity contribution in [3.8, 4) is 0 Å². The number of hydroxylamine groups is 1. The van der Waals surface area contributed by atoms with E-state index in [0.29, 0.717) is 13.2 Å². The minimum atomic E-state index is -0.372. The molecule has 0 saturated carbocycles. The Labute approximate surface area is 95.4 Å². The maximum absolute atomic E-state index is 11.7. The van der Waals surface area contributed by atoms with Crippen molar-refractivity contribution in [1.29, 1.82) is 0 Å². The van der Waals surface area contributed by atoms with Gasteiger partial charge in [-0.1, -0.05) is 6.92 Å². The molecule has 92 valence electrons. The fourth-order valence-corrected chi connectivity index (χ4v) is 2.02. The molecule has 0 aromatic rings. The second-order valence-electron chi connectivity index (χ2n) is 4.44. The van der Waals surface area contributed by atoms with Gasteiger partial charge in [-0.2, -0.15) is 0 Å². The van der Waals surface area contributed by atoms with E-state index >= 15 is 0 Å². The fourth-order valence-electron chi connectivity index (χ4n) is 2.02. The highest BCUT2D eigenvalue weighted by molar-refractivity contribution is 5.80. The van der Waals surface area contributed by atoms with E-state index in [4.69, 9.17) is 14.3 Å². The van der Waals surface area contributed by atoms with Crippen LogP contribution in [-0.2, 0) is 19.1 Å². The molecule has 5 heteroatoms. The van der Waals surface area contributed by atoms with Gasteiger partial charge in [-0.25, -0.2) is 10.3 Å². The molecule has 0 spiro atoms. The van der Waals surface area contributed by atoms with Crippen LogP contribution in [0.1, 0.15) is 32.6 Å². The second kappa shape index (κ2) is 5.61. The van der Waals surface area contributed by atoms with Crippen molar-refractivity contribution in [2.45, 2.75) is 45.0 Å². The van der Waals surface area contributed by atoms with Gasteiger partial charge in [0.15, 0.2) is 6.29 Å². The molecule has 3 atom stereocenters. The van der Waals surface area contributed by atoms with E-state index in [1.165, 1.54) is 0 Å². The zero-order valence-corrected chi connectivity index (χ0v) is 9.61. The van der Waals surface area contributed by atoms with E-state index in [-0.39, 0.29) is 24.2 Å². The molecule has 5 nitrogen and oxygen atoms in total. The predicted molar refractivity (Wildman–Crippen MR) is 56.3 cm³/mol. The number of nitrogens with one attached hydrogen (secondary N) is 1. The Hall–Kier alpha value is -0.650. The summed E-state index contributed by atoms with van der Waals surface area (Å²) < 4.78 is 10.7. The smallest absolute Gasteiger partial charge is 0.273 e. The van der Waals surface area contributed by atoms with Gasteiger partial charge in [0.25, 0.3) is 5.91 Å². The summed E-state index contributed by atoms with van der Waals surface area (Å²) in [6, 6.07) is 0. The quantitative estimate of drug-likeness (QED) is 0.733. The number of hydrogen-bond acceptors (Lipinski definition) is 4. The summed E-state index contributed by atoms with van der Waals surface area (Å²) in [4.78, 5) is 16.9. The van der Waals surface area contributed by atoms with Crippen molar-refractivity contribution in [2.24, 2.45) is 5.92 Å². The predicted octanol–water partition coefficient (Wildman–Crippen LogP) is 0.986. The highest BCUT2D eigenvalue weighted by Crippen LogP contribution is 2.20. The van der Waals surface area contributed by atoms with E-state index in [9.17, 15) is 4.79 Å². The van der Waals surface area contributed by atoms with Gasteiger partial charge in [-0.15, -0.1) is 0 Å². The Morgan fingerprint density at radius 1 is 1.25 bits per heavy atom. The number of hydrogen-bond donors (Lipinski definition) is 1. The minimum absolute atomic E-state index is 0.195. The molecule has 0 aromatic heterocycles. The minimum Gasteiger partial charge on any atom is -0.368 e. The summed E-state index contributed by atoms with van der Waals surface area (Å²) in [5.41, 5.74) is 2.44. The third kappa shape index (κ3) is 2.93. The zero-order chi connectivity index (χ0) is 11.4. The lowest BCUT2D eigenvalue weighted by molar-refractivity contribution is -0.204. The molecule has 0 radical (unpaired) electrons. The number of ether oxygens (including phenoxy) is 2. The third-order valence-electron chi connectivity index (χ3n) is 3.07. The summed E-state index contributed by atoms with van der Waals surface area (Å²) in [6.45, 7) is 3.37. The van der Waals surface area contributed by atoms with Gasteiger partial charge >= 0.3 is 0 Å². The summed E-state index contributed by atoms with van der Waals surface area (Å²) in [5, 5.41) is 0. The molecule has 0 aromatic carbocycles. The number of carbonyl (C=O) groups is 1. The average Bonchev–Trinajstić information content (AvgIpc) is 2.74. The Kier molecular flexibility index (Phi) is 4.15. The van der Waals surface area contributed by atoms with E-state index in [1.807, 2.05) is 6.92 Å². The van der Waals surface area contributed by atoms with Gasteiger partial charge in [-0.3, -0.25) is 4.79 Å². The Morgan fingerprint density at radius 2 is 2.12 bits per heavy atom. The van der Waals surface area contributed by atoms with Crippen molar-refractivity contribution < 1.29 is 19.1 Å². The summed E-state index contributed by atoms with van der Waals surface area (Å²) in [7, 11) is 0. The molecule has 2 aliphatic rings. The first kappa shape index (κ1) is 11.8. The normalized spacial score (nSPS) is 34.9. The van der Waals surface area contributed by atoms with Gasteiger partial charge in [0.2, 0.25) is 0 Å². The van der Waals surface area contributed by atoms with Crippen molar-refractivity contribution >= 4 is 5.91 Å². The van der Waals surface area contributed by atoms with Crippen LogP contribution in [0.3, 0.4) is 0 Å². The lowest BCUT2D eigenvalue weighted by atomic mass is 10.0.